The molecule has 2 fully saturated rings. The third kappa shape index (κ3) is 28.6. The second-order valence-corrected chi connectivity index (χ2v) is 21.4. The number of rotatable bonds is 46. The average Bonchev–Trinajstić information content (AvgIpc) is 3.38. The summed E-state index contributed by atoms with van der Waals surface area (Å²) in [6, 6.07) is -2.67. The van der Waals surface area contributed by atoms with E-state index in [2.05, 4.69) is 24.5 Å². The standard InChI is InChI=1S/C56H108N2O15/c1-4-6-8-10-12-14-16-18-20-21-22-23-25-27-29-31-33-35-37-44(63)54(69)58-42(48(64)43(62)36-34-32-30-28-26-24-19-17-15-13-11-9-7-5-2)40-70-56-52(68)51(67)53(46(39-60)72-56)73-55-47(57-41(3)61)50(66)49(65)45(38-59)71-55/h42-53,55-56,59-60,62-68H,4-40H2,1-3H3,(H,57,61)(H,58,69). The van der Waals surface area contributed by atoms with E-state index in [9.17, 15) is 55.5 Å². The molecule has 11 N–H and O–H groups in total. The highest BCUT2D eigenvalue weighted by molar-refractivity contribution is 5.80. The zero-order valence-electron chi connectivity index (χ0n) is 45.7. The van der Waals surface area contributed by atoms with E-state index in [0.29, 0.717) is 12.8 Å². The lowest BCUT2D eigenvalue weighted by Crippen LogP contribution is -2.67. The molecule has 0 saturated carbocycles. The highest BCUT2D eigenvalue weighted by atomic mass is 16.7. The van der Waals surface area contributed by atoms with Crippen LogP contribution in [0.15, 0.2) is 0 Å². The molecule has 17 heteroatoms. The van der Waals surface area contributed by atoms with Gasteiger partial charge in [0.1, 0.15) is 61.0 Å². The van der Waals surface area contributed by atoms with Gasteiger partial charge >= 0.3 is 0 Å². The van der Waals surface area contributed by atoms with Gasteiger partial charge in [-0.25, -0.2) is 0 Å². The molecule has 0 bridgehead atoms. The van der Waals surface area contributed by atoms with Crippen molar-refractivity contribution in [1.29, 1.82) is 0 Å². The number of unbranched alkanes of at least 4 members (excludes halogenated alkanes) is 30. The summed E-state index contributed by atoms with van der Waals surface area (Å²) in [7, 11) is 0. The monoisotopic (exact) mass is 1050 g/mol. The minimum absolute atomic E-state index is 0.203. The van der Waals surface area contributed by atoms with Gasteiger partial charge in [-0.15, -0.1) is 0 Å². The van der Waals surface area contributed by atoms with E-state index >= 15 is 0 Å². The number of hydrogen-bond donors (Lipinski definition) is 11. The molecule has 2 aliphatic heterocycles. The molecule has 17 nitrogen and oxygen atoms in total. The van der Waals surface area contributed by atoms with Crippen molar-refractivity contribution in [1.82, 2.24) is 10.6 Å². The first-order valence-electron chi connectivity index (χ1n) is 29.4. The van der Waals surface area contributed by atoms with Crippen molar-refractivity contribution < 1.29 is 74.5 Å². The summed E-state index contributed by atoms with van der Waals surface area (Å²) < 4.78 is 23.2. The van der Waals surface area contributed by atoms with Crippen molar-refractivity contribution in [2.45, 2.75) is 325 Å². The first kappa shape index (κ1) is 67.5. The number of aliphatic hydroxyl groups excluding tert-OH is 9. The first-order chi connectivity index (χ1) is 35.3. The summed E-state index contributed by atoms with van der Waals surface area (Å²) in [4.78, 5) is 25.4. The van der Waals surface area contributed by atoms with Crippen molar-refractivity contribution >= 4 is 11.8 Å². The van der Waals surface area contributed by atoms with Gasteiger partial charge in [0.05, 0.1) is 32.0 Å². The number of hydrogen-bond acceptors (Lipinski definition) is 15. The Morgan fingerprint density at radius 1 is 0.507 bits per heavy atom. The molecule has 73 heavy (non-hydrogen) atoms. The lowest BCUT2D eigenvalue weighted by molar-refractivity contribution is -0.347. The Morgan fingerprint density at radius 3 is 1.32 bits per heavy atom. The number of amides is 2. The molecule has 0 radical (unpaired) electrons. The highest BCUT2D eigenvalue weighted by Gasteiger charge is 2.51. The zero-order valence-corrected chi connectivity index (χ0v) is 45.7. The van der Waals surface area contributed by atoms with E-state index in [1.165, 1.54) is 148 Å². The molecule has 432 valence electrons. The van der Waals surface area contributed by atoms with Gasteiger partial charge in [-0.2, -0.15) is 0 Å². The van der Waals surface area contributed by atoms with Crippen LogP contribution in [0.3, 0.4) is 0 Å². The van der Waals surface area contributed by atoms with Gasteiger partial charge in [0.15, 0.2) is 12.6 Å². The van der Waals surface area contributed by atoms with Crippen LogP contribution in [0.4, 0.5) is 0 Å². The fourth-order valence-corrected chi connectivity index (χ4v) is 10.2. The normalized spacial score (nSPS) is 26.1. The minimum atomic E-state index is -1.86. The maximum Gasteiger partial charge on any atom is 0.249 e. The van der Waals surface area contributed by atoms with E-state index in [-0.39, 0.29) is 12.8 Å². The fourth-order valence-electron chi connectivity index (χ4n) is 10.2. The second kappa shape index (κ2) is 42.4. The number of carbonyl (C=O) groups is 2. The van der Waals surface area contributed by atoms with Crippen LogP contribution in [0.1, 0.15) is 239 Å². The molecule has 2 heterocycles. The van der Waals surface area contributed by atoms with Gasteiger partial charge < -0.3 is 75.5 Å². The van der Waals surface area contributed by atoms with Gasteiger partial charge in [0.25, 0.3) is 0 Å². The fraction of sp³-hybridized carbons (Fsp3) is 0.964. The molecule has 0 spiro atoms. The molecule has 14 atom stereocenters. The van der Waals surface area contributed by atoms with Crippen LogP contribution >= 0.6 is 0 Å². The predicted octanol–water partition coefficient (Wildman–Crippen LogP) is 6.64. The molecular formula is C56H108N2O15. The number of carbonyl (C=O) groups excluding carboxylic acids is 2. The van der Waals surface area contributed by atoms with Gasteiger partial charge in [-0.05, 0) is 12.8 Å². The van der Waals surface area contributed by atoms with Crippen LogP contribution in [0.25, 0.3) is 0 Å². The predicted molar refractivity (Wildman–Crippen MR) is 282 cm³/mol. The molecule has 14 unspecified atom stereocenters. The number of nitrogens with one attached hydrogen (secondary N) is 2. The Kier molecular flexibility index (Phi) is 39.3. The molecule has 0 aliphatic carbocycles. The number of ether oxygens (including phenoxy) is 4. The summed E-state index contributed by atoms with van der Waals surface area (Å²) >= 11 is 0. The summed E-state index contributed by atoms with van der Waals surface area (Å²) in [6.45, 7) is 3.59. The molecular weight excluding hydrogens is 941 g/mol. The van der Waals surface area contributed by atoms with Gasteiger partial charge in [0.2, 0.25) is 11.8 Å². The van der Waals surface area contributed by atoms with E-state index < -0.39 is 117 Å². The summed E-state index contributed by atoms with van der Waals surface area (Å²) in [6.07, 6.45) is 20.1. The summed E-state index contributed by atoms with van der Waals surface area (Å²) in [5.74, 6) is -1.37. The third-order valence-electron chi connectivity index (χ3n) is 14.9. The van der Waals surface area contributed by atoms with Gasteiger partial charge in [-0.1, -0.05) is 219 Å². The average molecular weight is 1050 g/mol. The minimum Gasteiger partial charge on any atom is -0.394 e. The molecule has 2 saturated heterocycles. The summed E-state index contributed by atoms with van der Waals surface area (Å²) in [5.41, 5.74) is 0. The van der Waals surface area contributed by atoms with Crippen LogP contribution in [-0.4, -0.2) is 163 Å². The molecule has 0 aromatic rings. The van der Waals surface area contributed by atoms with Crippen LogP contribution in [0.5, 0.6) is 0 Å². The summed E-state index contributed by atoms with van der Waals surface area (Å²) in [5, 5.41) is 102. The van der Waals surface area contributed by atoms with E-state index in [1.54, 1.807) is 0 Å². The number of aliphatic hydroxyl groups is 9. The quantitative estimate of drug-likeness (QED) is 0.0285. The molecule has 0 aromatic carbocycles. The maximum atomic E-state index is 13.4. The lowest BCUT2D eigenvalue weighted by atomic mass is 9.95. The SMILES string of the molecule is CCCCCCCCCCCCCCCCCCCCC(O)C(=O)NC(COC1OC(CO)C(OC2OC(CO)C(O)C(O)C2NC(C)=O)C(O)C1O)C(O)C(O)CCCCCCCCCCCCCCCC. The Labute approximate surface area is 440 Å². The molecule has 2 rings (SSSR count). The van der Waals surface area contributed by atoms with Crippen LogP contribution in [-0.2, 0) is 28.5 Å². The lowest BCUT2D eigenvalue weighted by Gasteiger charge is -2.47. The second-order valence-electron chi connectivity index (χ2n) is 21.4. The van der Waals surface area contributed by atoms with Crippen LogP contribution < -0.4 is 10.6 Å². The van der Waals surface area contributed by atoms with Crippen molar-refractivity contribution in [3.05, 3.63) is 0 Å². The van der Waals surface area contributed by atoms with Crippen molar-refractivity contribution in [3.63, 3.8) is 0 Å². The van der Waals surface area contributed by atoms with E-state index in [0.717, 1.165) is 51.9 Å². The van der Waals surface area contributed by atoms with Crippen molar-refractivity contribution in [2.24, 2.45) is 0 Å². The smallest absolute Gasteiger partial charge is 0.249 e. The molecule has 2 aliphatic rings. The Balaban J connectivity index is 1.91. The zero-order chi connectivity index (χ0) is 53.6. The molecule has 0 aromatic heterocycles. The van der Waals surface area contributed by atoms with Gasteiger partial charge in [0, 0.05) is 6.92 Å². The maximum absolute atomic E-state index is 13.4. The van der Waals surface area contributed by atoms with Crippen LogP contribution in [0, 0.1) is 0 Å². The topological polar surface area (TPSA) is 277 Å². The molecule has 2 amide bonds. The van der Waals surface area contributed by atoms with E-state index in [4.69, 9.17) is 18.9 Å². The largest absolute Gasteiger partial charge is 0.394 e. The third-order valence-corrected chi connectivity index (χ3v) is 14.9. The van der Waals surface area contributed by atoms with E-state index in [1.807, 2.05) is 0 Å². The Hall–Kier alpha value is -1.58. The van der Waals surface area contributed by atoms with Crippen molar-refractivity contribution in [3.8, 4) is 0 Å². The van der Waals surface area contributed by atoms with Crippen molar-refractivity contribution in [2.75, 3.05) is 19.8 Å². The van der Waals surface area contributed by atoms with Gasteiger partial charge in [-0.3, -0.25) is 9.59 Å². The first-order valence-corrected chi connectivity index (χ1v) is 29.4. The highest BCUT2D eigenvalue weighted by Crippen LogP contribution is 2.30. The Bertz CT molecular complexity index is 1340. The van der Waals surface area contributed by atoms with Crippen LogP contribution in [0.2, 0.25) is 0 Å². The Morgan fingerprint density at radius 2 is 0.904 bits per heavy atom.